The molecular weight excluding hydrogens is 568 g/mol. The lowest BCUT2D eigenvalue weighted by Gasteiger charge is -2.53. The minimum absolute atomic E-state index is 0.0795. The van der Waals surface area contributed by atoms with Crippen LogP contribution in [0.4, 0.5) is 0 Å². The first-order valence-corrected chi connectivity index (χ1v) is 22.6. The van der Waals surface area contributed by atoms with Gasteiger partial charge in [-0.3, -0.25) is 0 Å². The molecule has 3 aliphatic rings. The van der Waals surface area contributed by atoms with Crippen LogP contribution in [0.3, 0.4) is 0 Å². The van der Waals surface area contributed by atoms with Crippen LogP contribution in [-0.4, -0.2) is 46.2 Å². The molecule has 0 amide bonds. The van der Waals surface area contributed by atoms with Crippen LogP contribution in [0.5, 0.6) is 5.75 Å². The zero-order valence-corrected chi connectivity index (χ0v) is 28.8. The van der Waals surface area contributed by atoms with Crippen LogP contribution in [0.2, 0.25) is 44.3 Å². The van der Waals surface area contributed by atoms with Crippen molar-refractivity contribution in [3.05, 3.63) is 64.2 Å². The summed E-state index contributed by atoms with van der Waals surface area (Å²) in [6, 6.07) is 14.1. The van der Waals surface area contributed by atoms with Crippen molar-refractivity contribution in [2.24, 2.45) is 17.8 Å². The summed E-state index contributed by atoms with van der Waals surface area (Å²) in [5, 5.41) is 13.1. The highest BCUT2D eigenvalue weighted by atomic mass is 35.5. The Morgan fingerprint density at radius 1 is 0.927 bits per heavy atom. The third-order valence-electron chi connectivity index (χ3n) is 8.77. The standard InChI is InChI=1S/C33H49ClO5Si2/c1-9-30-21(2)31(38-40(3,4)5)32(39-41(6,7)8)33(35,37-30)26-12-15-29(34)25(18-26)16-22-10-13-27(14-11-22)36-28-19-23-17-24(23)20-28/h10-15,18,21,23-24,28,30-32,35H,9,16-17,19-20H2,1-8H3/t21-,23?,24?,28?,30-,31+,32-,33?/m1/s1. The number of fused-ring (bicyclic) bond motifs is 1. The first-order valence-electron chi connectivity index (χ1n) is 15.5. The van der Waals surface area contributed by atoms with Crippen LogP contribution < -0.4 is 4.74 Å². The van der Waals surface area contributed by atoms with E-state index in [1.165, 1.54) is 19.3 Å². The van der Waals surface area contributed by atoms with E-state index < -0.39 is 28.5 Å². The van der Waals surface area contributed by atoms with Crippen LogP contribution in [0.25, 0.3) is 0 Å². The molecule has 5 nitrogen and oxygen atoms in total. The van der Waals surface area contributed by atoms with E-state index in [4.69, 9.17) is 29.9 Å². The van der Waals surface area contributed by atoms with Gasteiger partial charge >= 0.3 is 0 Å². The molecule has 2 aromatic rings. The van der Waals surface area contributed by atoms with E-state index in [0.717, 1.165) is 35.1 Å². The van der Waals surface area contributed by atoms with Crippen molar-refractivity contribution in [3.8, 4) is 5.75 Å². The molecule has 226 valence electrons. The van der Waals surface area contributed by atoms with Gasteiger partial charge in [0.15, 0.2) is 16.6 Å². The summed E-state index contributed by atoms with van der Waals surface area (Å²) < 4.78 is 26.4. The maximum absolute atomic E-state index is 12.5. The second kappa shape index (κ2) is 11.7. The topological polar surface area (TPSA) is 57.2 Å². The molecule has 2 aliphatic carbocycles. The van der Waals surface area contributed by atoms with E-state index >= 15 is 0 Å². The molecular formula is C33H49ClO5Si2. The summed E-state index contributed by atoms with van der Waals surface area (Å²) in [4.78, 5) is 0. The molecule has 1 heterocycles. The zero-order valence-electron chi connectivity index (χ0n) is 26.1. The number of ether oxygens (including phenoxy) is 2. The molecule has 0 radical (unpaired) electrons. The predicted molar refractivity (Wildman–Crippen MR) is 171 cm³/mol. The molecule has 3 fully saturated rings. The quantitative estimate of drug-likeness (QED) is 0.273. The Bertz CT molecular complexity index is 1200. The maximum Gasteiger partial charge on any atom is 0.221 e. The van der Waals surface area contributed by atoms with Gasteiger partial charge in [0.1, 0.15) is 11.9 Å². The van der Waals surface area contributed by atoms with Crippen molar-refractivity contribution in [1.29, 1.82) is 0 Å². The Kier molecular flexibility index (Phi) is 8.92. The van der Waals surface area contributed by atoms with Crippen molar-refractivity contribution in [2.45, 2.75) is 115 Å². The van der Waals surface area contributed by atoms with Gasteiger partial charge in [0.25, 0.3) is 0 Å². The first-order chi connectivity index (χ1) is 19.1. The van der Waals surface area contributed by atoms with Crippen molar-refractivity contribution < 1.29 is 23.4 Å². The van der Waals surface area contributed by atoms with E-state index in [9.17, 15) is 5.11 Å². The second-order valence-corrected chi connectivity index (χ2v) is 23.9. The lowest BCUT2D eigenvalue weighted by molar-refractivity contribution is -0.339. The van der Waals surface area contributed by atoms with Crippen LogP contribution in [0.1, 0.15) is 56.2 Å². The molecule has 7 atom stereocenters. The van der Waals surface area contributed by atoms with Crippen molar-refractivity contribution in [3.63, 3.8) is 0 Å². The Morgan fingerprint density at radius 2 is 1.56 bits per heavy atom. The van der Waals surface area contributed by atoms with Crippen molar-refractivity contribution >= 4 is 28.2 Å². The van der Waals surface area contributed by atoms with Crippen molar-refractivity contribution in [1.82, 2.24) is 0 Å². The molecule has 3 unspecified atom stereocenters. The molecule has 0 spiro atoms. The average Bonchev–Trinajstić information content (AvgIpc) is 3.50. The minimum Gasteiger partial charge on any atom is -0.490 e. The van der Waals surface area contributed by atoms with Gasteiger partial charge in [0.05, 0.1) is 18.3 Å². The maximum atomic E-state index is 12.5. The van der Waals surface area contributed by atoms with E-state index in [1.54, 1.807) is 0 Å². The molecule has 8 heteroatoms. The number of rotatable bonds is 10. The third kappa shape index (κ3) is 7.31. The number of aliphatic hydroxyl groups is 1. The highest BCUT2D eigenvalue weighted by molar-refractivity contribution is 6.70. The Hall–Kier alpha value is -1.20. The summed E-state index contributed by atoms with van der Waals surface area (Å²) in [7, 11) is -4.05. The summed E-state index contributed by atoms with van der Waals surface area (Å²) in [6.45, 7) is 17.3. The summed E-state index contributed by atoms with van der Waals surface area (Å²) >= 11 is 6.74. The summed E-state index contributed by atoms with van der Waals surface area (Å²) in [5.41, 5.74) is 2.73. The highest BCUT2D eigenvalue weighted by Crippen LogP contribution is 2.52. The monoisotopic (exact) mass is 616 g/mol. The fourth-order valence-corrected chi connectivity index (χ4v) is 9.09. The molecule has 1 aliphatic heterocycles. The molecule has 2 saturated carbocycles. The van der Waals surface area contributed by atoms with Crippen LogP contribution >= 0.6 is 11.6 Å². The van der Waals surface area contributed by atoms with Crippen LogP contribution in [0, 0.1) is 17.8 Å². The Labute approximate surface area is 254 Å². The number of hydrogen-bond donors (Lipinski definition) is 1. The molecule has 1 N–H and O–H groups in total. The van der Waals surface area contributed by atoms with Crippen LogP contribution in [0.15, 0.2) is 42.5 Å². The molecule has 2 aromatic carbocycles. The van der Waals surface area contributed by atoms with E-state index in [1.807, 2.05) is 18.2 Å². The van der Waals surface area contributed by atoms with Gasteiger partial charge in [-0.05, 0) is 119 Å². The van der Waals surface area contributed by atoms with E-state index in [0.29, 0.717) is 23.1 Å². The van der Waals surface area contributed by atoms with Crippen molar-refractivity contribution in [2.75, 3.05) is 0 Å². The van der Waals surface area contributed by atoms with E-state index in [2.05, 4.69) is 77.4 Å². The van der Waals surface area contributed by atoms with Gasteiger partial charge in [-0.25, -0.2) is 0 Å². The normalized spacial score (nSPS) is 33.5. The molecule has 1 saturated heterocycles. The number of hydrogen-bond acceptors (Lipinski definition) is 5. The molecule has 0 bridgehead atoms. The van der Waals surface area contributed by atoms with Gasteiger partial charge in [-0.1, -0.05) is 43.6 Å². The fourth-order valence-electron chi connectivity index (χ4n) is 6.69. The lowest BCUT2D eigenvalue weighted by atomic mass is 9.82. The summed E-state index contributed by atoms with van der Waals surface area (Å²) in [5.74, 6) is 1.16. The second-order valence-electron chi connectivity index (χ2n) is 14.6. The smallest absolute Gasteiger partial charge is 0.221 e. The summed E-state index contributed by atoms with van der Waals surface area (Å²) in [6.07, 6.45) is 4.47. The highest BCUT2D eigenvalue weighted by Gasteiger charge is 2.56. The zero-order chi connectivity index (χ0) is 29.7. The number of benzene rings is 2. The molecule has 5 rings (SSSR count). The molecule has 0 aromatic heterocycles. The fraction of sp³-hybridized carbons (Fsp3) is 0.636. The first kappa shape index (κ1) is 31.2. The largest absolute Gasteiger partial charge is 0.490 e. The minimum atomic E-state index is -2.09. The van der Waals surface area contributed by atoms with Gasteiger partial charge in [-0.15, -0.1) is 0 Å². The predicted octanol–water partition coefficient (Wildman–Crippen LogP) is 8.14. The van der Waals surface area contributed by atoms with Gasteiger partial charge in [0, 0.05) is 16.5 Å². The third-order valence-corrected chi connectivity index (χ3v) is 11.1. The Balaban J connectivity index is 1.41. The van der Waals surface area contributed by atoms with Gasteiger partial charge in [-0.2, -0.15) is 0 Å². The lowest BCUT2D eigenvalue weighted by Crippen LogP contribution is -2.64. The number of halogens is 1. The van der Waals surface area contributed by atoms with Gasteiger partial charge < -0.3 is 23.4 Å². The van der Waals surface area contributed by atoms with Crippen LogP contribution in [-0.2, 0) is 25.8 Å². The Morgan fingerprint density at radius 3 is 2.15 bits per heavy atom. The average molecular weight is 617 g/mol. The molecule has 41 heavy (non-hydrogen) atoms. The SMILES string of the molecule is CC[C@H]1OC(O)(c2ccc(Cl)c(Cc3ccc(OC4CC5CC5C4)cc3)c2)[C@H](O[Si](C)(C)C)[C@@H](O[Si](C)(C)C)[C@@H]1C. The van der Waals surface area contributed by atoms with E-state index in [-0.39, 0.29) is 18.1 Å². The van der Waals surface area contributed by atoms with Gasteiger partial charge in [0.2, 0.25) is 5.79 Å².